The van der Waals surface area contributed by atoms with Crippen molar-refractivity contribution in [3.05, 3.63) is 36.0 Å². The van der Waals surface area contributed by atoms with Crippen molar-refractivity contribution in [2.24, 2.45) is 0 Å². The fourth-order valence-corrected chi connectivity index (χ4v) is 1.80. The molecule has 1 aromatic carbocycles. The predicted octanol–water partition coefficient (Wildman–Crippen LogP) is 1.98. The number of pyridine rings is 1. The SMILES string of the molecule is CNC(C)(COc1cccc2ccc(C)nc12)C(=O)O. The minimum atomic E-state index is -1.13. The van der Waals surface area contributed by atoms with Crippen molar-refractivity contribution in [2.75, 3.05) is 13.7 Å². The van der Waals surface area contributed by atoms with Crippen molar-refractivity contribution in [3.8, 4) is 5.75 Å². The lowest BCUT2D eigenvalue weighted by atomic mass is 10.1. The Morgan fingerprint density at radius 1 is 1.40 bits per heavy atom. The van der Waals surface area contributed by atoms with Crippen LogP contribution >= 0.6 is 0 Å². The minimum absolute atomic E-state index is 0.0214. The molecule has 0 aliphatic heterocycles. The van der Waals surface area contributed by atoms with Crippen molar-refractivity contribution in [1.82, 2.24) is 10.3 Å². The van der Waals surface area contributed by atoms with E-state index in [1.807, 2.05) is 31.2 Å². The van der Waals surface area contributed by atoms with E-state index in [1.54, 1.807) is 20.0 Å². The zero-order valence-corrected chi connectivity index (χ0v) is 11.8. The van der Waals surface area contributed by atoms with E-state index in [9.17, 15) is 9.90 Å². The smallest absolute Gasteiger partial charge is 0.327 e. The Hall–Kier alpha value is -2.14. The summed E-state index contributed by atoms with van der Waals surface area (Å²) >= 11 is 0. The molecule has 20 heavy (non-hydrogen) atoms. The lowest BCUT2D eigenvalue weighted by Crippen LogP contribution is -2.52. The summed E-state index contributed by atoms with van der Waals surface area (Å²) in [5.74, 6) is -0.363. The number of aromatic nitrogens is 1. The molecule has 0 aliphatic carbocycles. The molecule has 2 rings (SSSR count). The quantitative estimate of drug-likeness (QED) is 0.872. The molecule has 0 aliphatic rings. The fourth-order valence-electron chi connectivity index (χ4n) is 1.80. The highest BCUT2D eigenvalue weighted by Crippen LogP contribution is 2.24. The summed E-state index contributed by atoms with van der Waals surface area (Å²) in [7, 11) is 1.60. The number of hydrogen-bond acceptors (Lipinski definition) is 4. The molecule has 106 valence electrons. The van der Waals surface area contributed by atoms with Crippen LogP contribution in [-0.2, 0) is 4.79 Å². The molecule has 0 saturated carbocycles. The van der Waals surface area contributed by atoms with Gasteiger partial charge in [0, 0.05) is 11.1 Å². The number of benzene rings is 1. The fraction of sp³-hybridized carbons (Fsp3) is 0.333. The Morgan fingerprint density at radius 2 is 2.15 bits per heavy atom. The van der Waals surface area contributed by atoms with Crippen molar-refractivity contribution in [3.63, 3.8) is 0 Å². The Morgan fingerprint density at radius 3 is 2.80 bits per heavy atom. The first-order chi connectivity index (χ1) is 9.46. The zero-order chi connectivity index (χ0) is 14.8. The van der Waals surface area contributed by atoms with Crippen LogP contribution in [0.3, 0.4) is 0 Å². The van der Waals surface area contributed by atoms with Crippen LogP contribution in [0.4, 0.5) is 0 Å². The molecule has 2 N–H and O–H groups in total. The van der Waals surface area contributed by atoms with E-state index >= 15 is 0 Å². The van der Waals surface area contributed by atoms with E-state index in [1.165, 1.54) is 0 Å². The number of hydrogen-bond donors (Lipinski definition) is 2. The van der Waals surface area contributed by atoms with Crippen LogP contribution in [-0.4, -0.2) is 35.3 Å². The number of ether oxygens (including phenoxy) is 1. The minimum Gasteiger partial charge on any atom is -0.489 e. The third-order valence-electron chi connectivity index (χ3n) is 3.36. The molecule has 5 nitrogen and oxygen atoms in total. The first-order valence-corrected chi connectivity index (χ1v) is 6.38. The highest BCUT2D eigenvalue weighted by molar-refractivity contribution is 5.84. The van der Waals surface area contributed by atoms with Gasteiger partial charge in [0.2, 0.25) is 0 Å². The van der Waals surface area contributed by atoms with Gasteiger partial charge in [-0.25, -0.2) is 4.98 Å². The molecule has 1 unspecified atom stereocenters. The maximum absolute atomic E-state index is 11.2. The number of rotatable bonds is 5. The molecule has 5 heteroatoms. The summed E-state index contributed by atoms with van der Waals surface area (Å²) in [6, 6.07) is 9.52. The Balaban J connectivity index is 2.30. The topological polar surface area (TPSA) is 71.5 Å². The maximum Gasteiger partial charge on any atom is 0.327 e. The number of carboxylic acids is 1. The van der Waals surface area contributed by atoms with Gasteiger partial charge in [0.05, 0.1) is 0 Å². The monoisotopic (exact) mass is 274 g/mol. The molecule has 0 amide bonds. The second-order valence-electron chi connectivity index (χ2n) is 4.96. The van der Waals surface area contributed by atoms with Crippen molar-refractivity contribution >= 4 is 16.9 Å². The summed E-state index contributed by atoms with van der Waals surface area (Å²) < 4.78 is 5.69. The number of nitrogens with zero attached hydrogens (tertiary/aromatic N) is 1. The van der Waals surface area contributed by atoms with Crippen molar-refractivity contribution in [1.29, 1.82) is 0 Å². The highest BCUT2D eigenvalue weighted by Gasteiger charge is 2.32. The molecule has 1 atom stereocenters. The van der Waals surface area contributed by atoms with Gasteiger partial charge in [-0.2, -0.15) is 0 Å². The normalized spacial score (nSPS) is 13.9. The van der Waals surface area contributed by atoms with Gasteiger partial charge in [-0.1, -0.05) is 18.2 Å². The van der Waals surface area contributed by atoms with Gasteiger partial charge in [0.1, 0.15) is 23.4 Å². The summed E-state index contributed by atoms with van der Waals surface area (Å²) in [5.41, 5.74) is 0.505. The highest BCUT2D eigenvalue weighted by atomic mass is 16.5. The molecule has 0 spiro atoms. The van der Waals surface area contributed by atoms with Gasteiger partial charge in [-0.3, -0.25) is 4.79 Å². The molecule has 0 fully saturated rings. The van der Waals surface area contributed by atoms with Crippen LogP contribution in [0.15, 0.2) is 30.3 Å². The average Bonchev–Trinajstić information content (AvgIpc) is 2.44. The van der Waals surface area contributed by atoms with Gasteiger partial charge >= 0.3 is 5.97 Å². The maximum atomic E-state index is 11.2. The number of para-hydroxylation sites is 1. The van der Waals surface area contributed by atoms with E-state index in [2.05, 4.69) is 10.3 Å². The zero-order valence-electron chi connectivity index (χ0n) is 11.8. The van der Waals surface area contributed by atoms with E-state index in [-0.39, 0.29) is 6.61 Å². The molecule has 1 heterocycles. The first kappa shape index (κ1) is 14.3. The third kappa shape index (κ3) is 2.72. The standard InChI is InChI=1S/C15H18N2O3/c1-10-7-8-11-5-4-6-12(13(11)17-10)20-9-15(2,16-3)14(18)19/h4-8,16H,9H2,1-3H3,(H,18,19). The number of aryl methyl sites for hydroxylation is 1. The number of aliphatic carboxylic acids is 1. The Bertz CT molecular complexity index is 642. The summed E-state index contributed by atoms with van der Waals surface area (Å²) in [6.45, 7) is 3.51. The van der Waals surface area contributed by atoms with E-state index in [0.29, 0.717) is 5.75 Å². The van der Waals surface area contributed by atoms with E-state index < -0.39 is 11.5 Å². The number of likely N-dealkylation sites (N-methyl/N-ethyl adjacent to an activating group) is 1. The van der Waals surface area contributed by atoms with Gasteiger partial charge in [-0.15, -0.1) is 0 Å². The molecule has 2 aromatic rings. The third-order valence-corrected chi connectivity index (χ3v) is 3.36. The first-order valence-electron chi connectivity index (χ1n) is 6.38. The lowest BCUT2D eigenvalue weighted by molar-refractivity contribution is -0.145. The van der Waals surface area contributed by atoms with Crippen molar-refractivity contribution in [2.45, 2.75) is 19.4 Å². The van der Waals surface area contributed by atoms with Gasteiger partial charge < -0.3 is 15.2 Å². The van der Waals surface area contributed by atoms with Crippen LogP contribution < -0.4 is 10.1 Å². The summed E-state index contributed by atoms with van der Waals surface area (Å²) in [4.78, 5) is 15.7. The molecule has 0 bridgehead atoms. The van der Waals surface area contributed by atoms with E-state index in [4.69, 9.17) is 4.74 Å². The summed E-state index contributed by atoms with van der Waals surface area (Å²) in [6.07, 6.45) is 0. The second kappa shape index (κ2) is 5.46. The molecular weight excluding hydrogens is 256 g/mol. The van der Waals surface area contributed by atoms with Crippen molar-refractivity contribution < 1.29 is 14.6 Å². The Labute approximate surface area is 117 Å². The Kier molecular flexibility index (Phi) is 3.90. The van der Waals surface area contributed by atoms with Crippen LogP contribution in [0.5, 0.6) is 5.75 Å². The van der Waals surface area contributed by atoms with Crippen LogP contribution in [0.25, 0.3) is 10.9 Å². The lowest BCUT2D eigenvalue weighted by Gasteiger charge is -2.24. The second-order valence-corrected chi connectivity index (χ2v) is 4.96. The molecule has 0 saturated heterocycles. The molecule has 0 radical (unpaired) electrons. The number of nitrogens with one attached hydrogen (secondary N) is 1. The average molecular weight is 274 g/mol. The molecule has 1 aromatic heterocycles. The predicted molar refractivity (Wildman–Crippen MR) is 77.1 cm³/mol. The van der Waals surface area contributed by atoms with E-state index in [0.717, 1.165) is 16.6 Å². The summed E-state index contributed by atoms with van der Waals surface area (Å²) in [5, 5.41) is 12.9. The van der Waals surface area contributed by atoms with Gasteiger partial charge in [0.25, 0.3) is 0 Å². The van der Waals surface area contributed by atoms with Crippen LogP contribution in [0.2, 0.25) is 0 Å². The molecular formula is C15H18N2O3. The number of carboxylic acid groups (broad SMARTS) is 1. The van der Waals surface area contributed by atoms with Crippen LogP contribution in [0, 0.1) is 6.92 Å². The largest absolute Gasteiger partial charge is 0.489 e. The number of carbonyl (C=O) groups is 1. The van der Waals surface area contributed by atoms with Gasteiger partial charge in [-0.05, 0) is 33.0 Å². The van der Waals surface area contributed by atoms with Gasteiger partial charge in [0.15, 0.2) is 0 Å². The van der Waals surface area contributed by atoms with Crippen LogP contribution in [0.1, 0.15) is 12.6 Å². The number of fused-ring (bicyclic) bond motifs is 1.